The van der Waals surface area contributed by atoms with Gasteiger partial charge in [0.25, 0.3) is 15.9 Å². The van der Waals surface area contributed by atoms with E-state index in [4.69, 9.17) is 4.74 Å². The molecule has 0 atom stereocenters. The van der Waals surface area contributed by atoms with Crippen molar-refractivity contribution in [2.75, 3.05) is 16.6 Å². The van der Waals surface area contributed by atoms with Gasteiger partial charge >= 0.3 is 0 Å². The Labute approximate surface area is 205 Å². The van der Waals surface area contributed by atoms with Crippen LogP contribution in [0.2, 0.25) is 0 Å². The Morgan fingerprint density at radius 2 is 1.77 bits per heavy atom. The first-order valence-corrected chi connectivity index (χ1v) is 12.6. The van der Waals surface area contributed by atoms with Crippen LogP contribution in [0.15, 0.2) is 65.7 Å². The molecule has 0 aliphatic rings. The molecule has 2 aromatic carbocycles. The molecule has 0 aliphatic carbocycles. The number of anilines is 2. The number of carbonyl (C=O) groups excluding carboxylic acids is 2. The molecule has 1 heterocycles. The van der Waals surface area contributed by atoms with Gasteiger partial charge in [-0.1, -0.05) is 19.4 Å². The largest absolute Gasteiger partial charge is 0.439 e. The van der Waals surface area contributed by atoms with Crippen molar-refractivity contribution < 1.29 is 22.7 Å². The van der Waals surface area contributed by atoms with Crippen LogP contribution in [-0.2, 0) is 14.8 Å². The second kappa shape index (κ2) is 11.5. The van der Waals surface area contributed by atoms with Gasteiger partial charge in [-0.2, -0.15) is 0 Å². The van der Waals surface area contributed by atoms with Crippen LogP contribution >= 0.6 is 0 Å². The van der Waals surface area contributed by atoms with Gasteiger partial charge in [0.2, 0.25) is 11.8 Å². The van der Waals surface area contributed by atoms with E-state index in [9.17, 15) is 18.0 Å². The van der Waals surface area contributed by atoms with Crippen molar-refractivity contribution in [1.82, 2.24) is 10.3 Å². The molecule has 2 amide bonds. The minimum Gasteiger partial charge on any atom is -0.439 e. The molecule has 9 nitrogen and oxygen atoms in total. The van der Waals surface area contributed by atoms with Crippen LogP contribution in [0.25, 0.3) is 0 Å². The molecule has 0 fully saturated rings. The summed E-state index contributed by atoms with van der Waals surface area (Å²) in [5, 5.41) is 5.37. The third-order valence-electron chi connectivity index (χ3n) is 4.88. The molecule has 0 radical (unpaired) electrons. The van der Waals surface area contributed by atoms with Gasteiger partial charge in [-0.05, 0) is 61.4 Å². The van der Waals surface area contributed by atoms with Crippen LogP contribution in [0.3, 0.4) is 0 Å². The fraction of sp³-hybridized carbons (Fsp3) is 0.240. The number of hydrogen-bond donors (Lipinski definition) is 3. The number of amides is 2. The van der Waals surface area contributed by atoms with Gasteiger partial charge in [-0.15, -0.1) is 0 Å². The first-order chi connectivity index (χ1) is 16.7. The molecule has 184 valence electrons. The fourth-order valence-corrected chi connectivity index (χ4v) is 4.43. The highest BCUT2D eigenvalue weighted by atomic mass is 32.2. The maximum absolute atomic E-state index is 13.0. The maximum Gasteiger partial charge on any atom is 0.263 e. The lowest BCUT2D eigenvalue weighted by atomic mass is 10.2. The van der Waals surface area contributed by atoms with Crippen LogP contribution < -0.4 is 20.1 Å². The Hall–Kier alpha value is -3.92. The van der Waals surface area contributed by atoms with E-state index in [0.29, 0.717) is 29.4 Å². The SMILES string of the molecule is CCCCNC(=O)c1ccc(Oc2ccc(NS(=O)(=O)c3cc(C)ccc3NC(C)=O)cc2)nc1. The van der Waals surface area contributed by atoms with Gasteiger partial charge in [0, 0.05) is 31.4 Å². The molecular weight excluding hydrogens is 468 g/mol. The predicted octanol–water partition coefficient (Wildman–Crippen LogP) is 4.47. The topological polar surface area (TPSA) is 126 Å². The molecule has 3 N–H and O–H groups in total. The summed E-state index contributed by atoms with van der Waals surface area (Å²) in [6, 6.07) is 14.3. The molecular formula is C25H28N4O5S. The van der Waals surface area contributed by atoms with Gasteiger partial charge < -0.3 is 15.4 Å². The van der Waals surface area contributed by atoms with Crippen molar-refractivity contribution >= 4 is 33.2 Å². The van der Waals surface area contributed by atoms with Crippen molar-refractivity contribution in [3.63, 3.8) is 0 Å². The number of aryl methyl sites for hydroxylation is 1. The molecule has 0 unspecified atom stereocenters. The number of aromatic nitrogens is 1. The summed E-state index contributed by atoms with van der Waals surface area (Å²) >= 11 is 0. The van der Waals surface area contributed by atoms with Gasteiger partial charge in [0.15, 0.2) is 0 Å². The minimum atomic E-state index is -3.96. The van der Waals surface area contributed by atoms with E-state index in [2.05, 4.69) is 27.3 Å². The van der Waals surface area contributed by atoms with Gasteiger partial charge in [-0.3, -0.25) is 14.3 Å². The summed E-state index contributed by atoms with van der Waals surface area (Å²) in [5.41, 5.74) is 1.69. The summed E-state index contributed by atoms with van der Waals surface area (Å²) in [5.74, 6) is 0.174. The third-order valence-corrected chi connectivity index (χ3v) is 6.30. The van der Waals surface area contributed by atoms with Crippen molar-refractivity contribution in [3.05, 3.63) is 71.9 Å². The van der Waals surface area contributed by atoms with Crippen molar-refractivity contribution in [2.45, 2.75) is 38.5 Å². The van der Waals surface area contributed by atoms with Crippen LogP contribution in [0.4, 0.5) is 11.4 Å². The Balaban J connectivity index is 1.67. The Kier molecular flexibility index (Phi) is 8.43. The van der Waals surface area contributed by atoms with E-state index in [1.54, 1.807) is 55.5 Å². The Morgan fingerprint density at radius 3 is 2.40 bits per heavy atom. The average molecular weight is 497 g/mol. The number of ether oxygens (including phenoxy) is 1. The maximum atomic E-state index is 13.0. The molecule has 35 heavy (non-hydrogen) atoms. The van der Waals surface area contributed by atoms with Gasteiger partial charge in [0.1, 0.15) is 10.6 Å². The van der Waals surface area contributed by atoms with E-state index in [-0.39, 0.29) is 22.4 Å². The highest BCUT2D eigenvalue weighted by Crippen LogP contribution is 2.27. The number of nitrogens with zero attached hydrogens (tertiary/aromatic N) is 1. The van der Waals surface area contributed by atoms with Crippen LogP contribution in [0, 0.1) is 6.92 Å². The first kappa shape index (κ1) is 25.7. The quantitative estimate of drug-likeness (QED) is 0.356. The van der Waals surface area contributed by atoms with E-state index in [1.165, 1.54) is 19.2 Å². The summed E-state index contributed by atoms with van der Waals surface area (Å²) in [6.45, 7) is 5.74. The van der Waals surface area contributed by atoms with Crippen LogP contribution in [0.5, 0.6) is 11.6 Å². The molecule has 0 saturated heterocycles. The molecule has 3 rings (SSSR count). The number of benzene rings is 2. The van der Waals surface area contributed by atoms with Crippen LogP contribution in [0.1, 0.15) is 42.6 Å². The first-order valence-electron chi connectivity index (χ1n) is 11.1. The summed E-state index contributed by atoms with van der Waals surface area (Å²) in [4.78, 5) is 27.7. The minimum absolute atomic E-state index is 0.0314. The van der Waals surface area contributed by atoms with Crippen molar-refractivity contribution in [3.8, 4) is 11.6 Å². The standard InChI is InChI=1S/C25H28N4O5S/c1-4-5-14-26-25(31)19-7-13-24(27-16-19)34-21-10-8-20(9-11-21)29-35(32,33)23-15-17(2)6-12-22(23)28-18(3)30/h6-13,15-16,29H,4-5,14H2,1-3H3,(H,26,31)(H,28,30). The van der Waals surface area contributed by atoms with E-state index < -0.39 is 10.0 Å². The highest BCUT2D eigenvalue weighted by molar-refractivity contribution is 7.92. The summed E-state index contributed by atoms with van der Waals surface area (Å²) < 4.78 is 34.1. The zero-order chi connectivity index (χ0) is 25.4. The Morgan fingerprint density at radius 1 is 1.03 bits per heavy atom. The van der Waals surface area contributed by atoms with Gasteiger partial charge in [0.05, 0.1) is 11.3 Å². The summed E-state index contributed by atoms with van der Waals surface area (Å²) in [7, 11) is -3.96. The predicted molar refractivity (Wildman–Crippen MR) is 134 cm³/mol. The summed E-state index contributed by atoms with van der Waals surface area (Å²) in [6.07, 6.45) is 3.34. The van der Waals surface area contributed by atoms with Crippen molar-refractivity contribution in [2.24, 2.45) is 0 Å². The molecule has 0 spiro atoms. The number of sulfonamides is 1. The zero-order valence-corrected chi connectivity index (χ0v) is 20.6. The number of unbranched alkanes of at least 4 members (excludes halogenated alkanes) is 1. The lowest BCUT2D eigenvalue weighted by Gasteiger charge is -2.14. The van der Waals surface area contributed by atoms with E-state index in [0.717, 1.165) is 18.4 Å². The molecule has 0 aliphatic heterocycles. The van der Waals surface area contributed by atoms with Crippen LogP contribution in [-0.4, -0.2) is 31.8 Å². The molecule has 1 aromatic heterocycles. The molecule has 10 heteroatoms. The molecule has 0 bridgehead atoms. The average Bonchev–Trinajstić information content (AvgIpc) is 2.81. The van der Waals surface area contributed by atoms with E-state index in [1.807, 2.05) is 0 Å². The smallest absolute Gasteiger partial charge is 0.263 e. The number of pyridine rings is 1. The normalized spacial score (nSPS) is 10.9. The molecule has 0 saturated carbocycles. The number of hydrogen-bond acceptors (Lipinski definition) is 6. The monoisotopic (exact) mass is 496 g/mol. The number of carbonyl (C=O) groups is 2. The lowest BCUT2D eigenvalue weighted by Crippen LogP contribution is -2.24. The second-order valence-corrected chi connectivity index (χ2v) is 9.56. The number of rotatable bonds is 10. The third kappa shape index (κ3) is 7.28. The lowest BCUT2D eigenvalue weighted by molar-refractivity contribution is -0.114. The van der Waals surface area contributed by atoms with Gasteiger partial charge in [-0.25, -0.2) is 13.4 Å². The Bertz CT molecular complexity index is 1290. The second-order valence-electron chi connectivity index (χ2n) is 7.91. The number of nitrogens with one attached hydrogen (secondary N) is 3. The molecule has 3 aromatic rings. The fourth-order valence-electron chi connectivity index (χ4n) is 3.12. The van der Waals surface area contributed by atoms with E-state index >= 15 is 0 Å². The zero-order valence-electron chi connectivity index (χ0n) is 19.8. The van der Waals surface area contributed by atoms with Crippen molar-refractivity contribution in [1.29, 1.82) is 0 Å². The highest BCUT2D eigenvalue weighted by Gasteiger charge is 2.20.